The molecule has 3 N–H and O–H groups in total. The summed E-state index contributed by atoms with van der Waals surface area (Å²) in [6.07, 6.45) is 3.90. The molecule has 108 valence electrons. The average Bonchev–Trinajstić information content (AvgIpc) is 2.31. The van der Waals surface area contributed by atoms with E-state index in [4.69, 9.17) is 10.5 Å². The standard InChI is InChI=1S/C12H22N4O2S/c1-8(2)18-12-10(13)11(14-7-15-12)16-9(3)5-6-19(4)17/h7-9H,5-6,13H2,1-4H3,(H,14,15,16). The summed E-state index contributed by atoms with van der Waals surface area (Å²) in [5, 5.41) is 3.19. The molecule has 0 radical (unpaired) electrons. The van der Waals surface area contributed by atoms with E-state index in [0.29, 0.717) is 23.1 Å². The molecule has 1 heterocycles. The van der Waals surface area contributed by atoms with Crippen molar-refractivity contribution < 1.29 is 8.95 Å². The molecule has 0 aliphatic carbocycles. The largest absolute Gasteiger partial charge is 0.473 e. The molecule has 0 bridgehead atoms. The average molecular weight is 286 g/mol. The molecule has 0 fully saturated rings. The number of nitrogens with zero attached hydrogens (tertiary/aromatic N) is 2. The van der Waals surface area contributed by atoms with Crippen molar-refractivity contribution in [2.45, 2.75) is 39.3 Å². The molecule has 7 heteroatoms. The summed E-state index contributed by atoms with van der Waals surface area (Å²) in [5.41, 5.74) is 6.37. The number of aromatic nitrogens is 2. The van der Waals surface area contributed by atoms with Crippen LogP contribution >= 0.6 is 0 Å². The second-order valence-corrected chi connectivity index (χ2v) is 6.27. The topological polar surface area (TPSA) is 90.1 Å². The monoisotopic (exact) mass is 286 g/mol. The molecule has 1 aromatic heterocycles. The molecule has 6 nitrogen and oxygen atoms in total. The quantitative estimate of drug-likeness (QED) is 0.787. The van der Waals surface area contributed by atoms with Crippen LogP contribution in [0.1, 0.15) is 27.2 Å². The third kappa shape index (κ3) is 5.42. The maximum Gasteiger partial charge on any atom is 0.242 e. The maximum absolute atomic E-state index is 11.1. The van der Waals surface area contributed by atoms with Crippen molar-refractivity contribution in [3.05, 3.63) is 6.33 Å². The molecule has 0 saturated heterocycles. The molecule has 0 spiro atoms. The van der Waals surface area contributed by atoms with Crippen LogP contribution in [0.25, 0.3) is 0 Å². The van der Waals surface area contributed by atoms with Crippen molar-refractivity contribution >= 4 is 22.3 Å². The summed E-state index contributed by atoms with van der Waals surface area (Å²) in [6.45, 7) is 5.82. The fraction of sp³-hybridized carbons (Fsp3) is 0.667. The van der Waals surface area contributed by atoms with E-state index in [0.717, 1.165) is 6.42 Å². The molecule has 0 aromatic carbocycles. The van der Waals surface area contributed by atoms with Gasteiger partial charge in [0, 0.05) is 28.9 Å². The fourth-order valence-corrected chi connectivity index (χ4v) is 2.15. The summed E-state index contributed by atoms with van der Waals surface area (Å²) in [7, 11) is -0.790. The Hall–Kier alpha value is -1.37. The van der Waals surface area contributed by atoms with Gasteiger partial charge < -0.3 is 15.8 Å². The first-order valence-electron chi connectivity index (χ1n) is 6.23. The first-order chi connectivity index (χ1) is 8.90. The summed E-state index contributed by atoms with van der Waals surface area (Å²) >= 11 is 0. The normalized spacial score (nSPS) is 14.2. The van der Waals surface area contributed by atoms with Crippen LogP contribution in [-0.4, -0.2) is 38.3 Å². The van der Waals surface area contributed by atoms with Gasteiger partial charge in [0.05, 0.1) is 6.10 Å². The van der Waals surface area contributed by atoms with Gasteiger partial charge >= 0.3 is 0 Å². The molecular formula is C12H22N4O2S. The second-order valence-electron chi connectivity index (χ2n) is 4.72. The molecule has 0 aliphatic rings. The minimum Gasteiger partial charge on any atom is -0.473 e. The van der Waals surface area contributed by atoms with E-state index in [9.17, 15) is 4.21 Å². The van der Waals surface area contributed by atoms with Crippen LogP contribution in [0.3, 0.4) is 0 Å². The Morgan fingerprint density at radius 1 is 1.42 bits per heavy atom. The molecule has 0 amide bonds. The third-order valence-electron chi connectivity index (χ3n) is 2.42. The van der Waals surface area contributed by atoms with E-state index in [1.54, 1.807) is 6.26 Å². The van der Waals surface area contributed by atoms with Gasteiger partial charge in [0.25, 0.3) is 0 Å². The smallest absolute Gasteiger partial charge is 0.242 e. The Bertz CT molecular complexity index is 440. The molecule has 2 unspecified atom stereocenters. The van der Waals surface area contributed by atoms with Crippen molar-refractivity contribution in [2.24, 2.45) is 0 Å². The Morgan fingerprint density at radius 2 is 2.11 bits per heavy atom. The van der Waals surface area contributed by atoms with Gasteiger partial charge in [-0.25, -0.2) is 4.98 Å². The van der Waals surface area contributed by atoms with Gasteiger partial charge in [0.1, 0.15) is 12.0 Å². The van der Waals surface area contributed by atoms with E-state index in [1.807, 2.05) is 20.8 Å². The lowest BCUT2D eigenvalue weighted by molar-refractivity contribution is 0.234. The molecule has 19 heavy (non-hydrogen) atoms. The van der Waals surface area contributed by atoms with Gasteiger partial charge in [-0.2, -0.15) is 4.98 Å². The number of nitrogens with two attached hydrogens (primary N) is 1. The summed E-state index contributed by atoms with van der Waals surface area (Å²) in [5.74, 6) is 1.59. The number of nitrogens with one attached hydrogen (secondary N) is 1. The Kier molecular flexibility index (Phi) is 6.01. The van der Waals surface area contributed by atoms with Crippen molar-refractivity contribution in [2.75, 3.05) is 23.1 Å². The second kappa shape index (κ2) is 7.28. The molecule has 1 aromatic rings. The van der Waals surface area contributed by atoms with Crippen molar-refractivity contribution in [3.63, 3.8) is 0 Å². The number of anilines is 2. The number of hydrogen-bond donors (Lipinski definition) is 2. The lowest BCUT2D eigenvalue weighted by atomic mass is 10.2. The van der Waals surface area contributed by atoms with Crippen LogP contribution in [0.15, 0.2) is 6.33 Å². The van der Waals surface area contributed by atoms with Crippen LogP contribution in [-0.2, 0) is 10.8 Å². The molecular weight excluding hydrogens is 264 g/mol. The first-order valence-corrected chi connectivity index (χ1v) is 7.96. The van der Waals surface area contributed by atoms with E-state index in [2.05, 4.69) is 15.3 Å². The van der Waals surface area contributed by atoms with Crippen LogP contribution in [0, 0.1) is 0 Å². The van der Waals surface area contributed by atoms with E-state index in [1.165, 1.54) is 6.33 Å². The zero-order valence-corrected chi connectivity index (χ0v) is 12.7. The minimum atomic E-state index is -0.790. The van der Waals surface area contributed by atoms with Crippen molar-refractivity contribution in [3.8, 4) is 5.88 Å². The van der Waals surface area contributed by atoms with Crippen molar-refractivity contribution in [1.29, 1.82) is 0 Å². The van der Waals surface area contributed by atoms with Gasteiger partial charge in [-0.3, -0.25) is 4.21 Å². The first kappa shape index (κ1) is 15.7. The van der Waals surface area contributed by atoms with Gasteiger partial charge in [0.2, 0.25) is 5.88 Å². The Labute approximate surface area is 116 Å². The minimum absolute atomic E-state index is 0.00462. The fourth-order valence-electron chi connectivity index (χ4n) is 1.46. The van der Waals surface area contributed by atoms with Crippen molar-refractivity contribution in [1.82, 2.24) is 9.97 Å². The van der Waals surface area contributed by atoms with Gasteiger partial charge in [-0.15, -0.1) is 0 Å². The highest BCUT2D eigenvalue weighted by molar-refractivity contribution is 7.84. The third-order valence-corrected chi connectivity index (χ3v) is 3.23. The number of hydrogen-bond acceptors (Lipinski definition) is 6. The van der Waals surface area contributed by atoms with E-state index >= 15 is 0 Å². The van der Waals surface area contributed by atoms with Crippen LogP contribution < -0.4 is 15.8 Å². The highest BCUT2D eigenvalue weighted by Crippen LogP contribution is 2.26. The van der Waals surface area contributed by atoms with Gasteiger partial charge in [0.15, 0.2) is 5.82 Å². The lowest BCUT2D eigenvalue weighted by Gasteiger charge is -2.17. The summed E-state index contributed by atoms with van der Waals surface area (Å²) in [6, 6.07) is 0.132. The molecule has 2 atom stereocenters. The number of rotatable bonds is 7. The van der Waals surface area contributed by atoms with Crippen LogP contribution in [0.5, 0.6) is 5.88 Å². The van der Waals surface area contributed by atoms with Gasteiger partial charge in [-0.05, 0) is 27.2 Å². The zero-order chi connectivity index (χ0) is 14.4. The molecule has 0 saturated carbocycles. The van der Waals surface area contributed by atoms with E-state index in [-0.39, 0.29) is 12.1 Å². The Balaban J connectivity index is 2.70. The molecule has 1 rings (SSSR count). The highest BCUT2D eigenvalue weighted by atomic mass is 32.2. The lowest BCUT2D eigenvalue weighted by Crippen LogP contribution is -2.20. The van der Waals surface area contributed by atoms with Crippen LogP contribution in [0.2, 0.25) is 0 Å². The highest BCUT2D eigenvalue weighted by Gasteiger charge is 2.12. The molecule has 0 aliphatic heterocycles. The maximum atomic E-state index is 11.1. The van der Waals surface area contributed by atoms with Crippen LogP contribution in [0.4, 0.5) is 11.5 Å². The summed E-state index contributed by atoms with van der Waals surface area (Å²) in [4.78, 5) is 8.12. The Morgan fingerprint density at radius 3 is 2.68 bits per heavy atom. The SMILES string of the molecule is CC(CCS(C)=O)Nc1ncnc(OC(C)C)c1N. The number of nitrogen functional groups attached to an aromatic ring is 1. The predicted molar refractivity (Wildman–Crippen MR) is 78.8 cm³/mol. The number of ether oxygens (including phenoxy) is 1. The summed E-state index contributed by atoms with van der Waals surface area (Å²) < 4.78 is 16.6. The predicted octanol–water partition coefficient (Wildman–Crippen LogP) is 1.42. The van der Waals surface area contributed by atoms with E-state index < -0.39 is 10.8 Å². The zero-order valence-electron chi connectivity index (χ0n) is 11.8. The van der Waals surface area contributed by atoms with Gasteiger partial charge in [-0.1, -0.05) is 0 Å².